The summed E-state index contributed by atoms with van der Waals surface area (Å²) in [6.45, 7) is 9.43. The maximum atomic E-state index is 13.9. The van der Waals surface area contributed by atoms with E-state index in [2.05, 4.69) is 20.4 Å². The second kappa shape index (κ2) is 3.20. The lowest BCUT2D eigenvalue weighted by Gasteiger charge is -2.31. The van der Waals surface area contributed by atoms with Crippen LogP contribution in [0.2, 0.25) is 0 Å². The van der Waals surface area contributed by atoms with Gasteiger partial charge in [0.05, 0.1) is 0 Å². The molecule has 12 heavy (non-hydrogen) atoms. The Hall–Kier alpha value is -0.330. The maximum Gasteiger partial charge on any atom is 0.129 e. The summed E-state index contributed by atoms with van der Waals surface area (Å²) in [5.41, 5.74) is -1.17. The highest BCUT2D eigenvalue weighted by molar-refractivity contribution is 5.03. The molecule has 2 atom stereocenters. The number of hydrogen-bond acceptors (Lipinski definition) is 0. The molecular weight excluding hydrogens is 151 g/mol. The van der Waals surface area contributed by atoms with E-state index < -0.39 is 5.67 Å². The van der Waals surface area contributed by atoms with E-state index in [0.29, 0.717) is 11.8 Å². The van der Waals surface area contributed by atoms with Crippen molar-refractivity contribution in [3.05, 3.63) is 12.7 Å². The zero-order valence-electron chi connectivity index (χ0n) is 8.31. The summed E-state index contributed by atoms with van der Waals surface area (Å²) in [5, 5.41) is 0. The van der Waals surface area contributed by atoms with Gasteiger partial charge in [0.15, 0.2) is 0 Å². The molecule has 1 saturated carbocycles. The first-order chi connectivity index (χ1) is 5.49. The lowest BCUT2D eigenvalue weighted by Crippen LogP contribution is -2.32. The topological polar surface area (TPSA) is 0 Å². The molecule has 2 unspecified atom stereocenters. The zero-order chi connectivity index (χ0) is 9.35. The molecule has 0 aliphatic heterocycles. The molecule has 0 bridgehead atoms. The highest BCUT2D eigenvalue weighted by Crippen LogP contribution is 2.47. The number of rotatable bonds is 4. The van der Waals surface area contributed by atoms with Crippen LogP contribution >= 0.6 is 0 Å². The molecule has 0 radical (unpaired) electrons. The molecule has 0 aromatic carbocycles. The Morgan fingerprint density at radius 3 is 2.25 bits per heavy atom. The van der Waals surface area contributed by atoms with Crippen LogP contribution in [0.4, 0.5) is 4.39 Å². The van der Waals surface area contributed by atoms with Crippen LogP contribution in [0, 0.1) is 17.8 Å². The van der Waals surface area contributed by atoms with E-state index in [0.717, 1.165) is 0 Å². The first-order valence-electron chi connectivity index (χ1n) is 4.81. The van der Waals surface area contributed by atoms with Gasteiger partial charge in [-0.1, -0.05) is 26.5 Å². The fourth-order valence-corrected chi connectivity index (χ4v) is 2.25. The van der Waals surface area contributed by atoms with E-state index in [1.165, 1.54) is 18.9 Å². The van der Waals surface area contributed by atoms with Gasteiger partial charge in [-0.3, -0.25) is 0 Å². The normalized spacial score (nSPS) is 25.1. The number of hydrogen-bond donors (Lipinski definition) is 0. The Labute approximate surface area is 74.9 Å². The van der Waals surface area contributed by atoms with Gasteiger partial charge in [-0.05, 0) is 31.6 Å². The molecule has 0 aromatic rings. The van der Waals surface area contributed by atoms with Gasteiger partial charge in [-0.2, -0.15) is 0 Å². The third-order valence-electron chi connectivity index (χ3n) is 2.90. The highest BCUT2D eigenvalue weighted by Gasteiger charge is 2.43. The van der Waals surface area contributed by atoms with Crippen molar-refractivity contribution in [3.8, 4) is 0 Å². The number of alkyl halides is 1. The molecule has 1 rings (SSSR count). The van der Waals surface area contributed by atoms with E-state index in [4.69, 9.17) is 0 Å². The summed E-state index contributed by atoms with van der Waals surface area (Å²) in [4.78, 5) is 0. The van der Waals surface area contributed by atoms with Gasteiger partial charge in [0.2, 0.25) is 0 Å². The molecule has 1 aliphatic rings. The molecule has 0 aromatic heterocycles. The Balaban J connectivity index is 2.70. The second-order valence-electron chi connectivity index (χ2n) is 4.46. The van der Waals surface area contributed by atoms with E-state index in [1.807, 2.05) is 0 Å². The van der Waals surface area contributed by atoms with Crippen molar-refractivity contribution in [3.63, 3.8) is 0 Å². The van der Waals surface area contributed by atoms with E-state index in [9.17, 15) is 4.39 Å². The molecular formula is C11H19F. The van der Waals surface area contributed by atoms with Crippen molar-refractivity contribution in [2.75, 3.05) is 0 Å². The Morgan fingerprint density at radius 2 is 2.00 bits per heavy atom. The van der Waals surface area contributed by atoms with Crippen molar-refractivity contribution < 1.29 is 4.39 Å². The van der Waals surface area contributed by atoms with Crippen molar-refractivity contribution in [2.24, 2.45) is 17.8 Å². The van der Waals surface area contributed by atoms with Gasteiger partial charge in [0, 0.05) is 5.92 Å². The zero-order valence-corrected chi connectivity index (χ0v) is 8.31. The average Bonchev–Trinajstić information content (AvgIpc) is 2.70. The molecule has 0 nitrogen and oxygen atoms in total. The molecule has 0 heterocycles. The minimum Gasteiger partial charge on any atom is -0.239 e. The fourth-order valence-electron chi connectivity index (χ4n) is 2.25. The first kappa shape index (κ1) is 9.76. The third kappa shape index (κ3) is 1.88. The molecule has 0 N–H and O–H groups in total. The van der Waals surface area contributed by atoms with Crippen molar-refractivity contribution in [1.29, 1.82) is 0 Å². The smallest absolute Gasteiger partial charge is 0.129 e. The standard InChI is InChI=1S/C11H19F/c1-5-11(4,12)10(8(2)3)9-6-7-9/h5,8-10H,1,6-7H2,2-4H3. The Bertz CT molecular complexity index is 164. The van der Waals surface area contributed by atoms with E-state index >= 15 is 0 Å². The van der Waals surface area contributed by atoms with Gasteiger partial charge in [-0.25, -0.2) is 4.39 Å². The maximum absolute atomic E-state index is 13.9. The molecule has 1 aliphatic carbocycles. The molecule has 1 fully saturated rings. The molecule has 0 amide bonds. The predicted octanol–water partition coefficient (Wildman–Crippen LogP) is 3.58. The van der Waals surface area contributed by atoms with Crippen molar-refractivity contribution in [1.82, 2.24) is 0 Å². The largest absolute Gasteiger partial charge is 0.239 e. The highest BCUT2D eigenvalue weighted by atomic mass is 19.1. The summed E-state index contributed by atoms with van der Waals surface area (Å²) in [6, 6.07) is 0. The summed E-state index contributed by atoms with van der Waals surface area (Å²) in [5.74, 6) is 1.21. The summed E-state index contributed by atoms with van der Waals surface area (Å²) < 4.78 is 13.9. The summed E-state index contributed by atoms with van der Waals surface area (Å²) in [6.07, 6.45) is 3.88. The molecule has 70 valence electrons. The molecule has 0 spiro atoms. The van der Waals surface area contributed by atoms with Crippen LogP contribution in [0.3, 0.4) is 0 Å². The van der Waals surface area contributed by atoms with E-state index in [-0.39, 0.29) is 5.92 Å². The minimum absolute atomic E-state index is 0.176. The van der Waals surface area contributed by atoms with Crippen LogP contribution in [-0.2, 0) is 0 Å². The number of allylic oxidation sites excluding steroid dienone is 1. The van der Waals surface area contributed by atoms with Crippen LogP contribution in [0.25, 0.3) is 0 Å². The third-order valence-corrected chi connectivity index (χ3v) is 2.90. The molecule has 1 heteroatoms. The second-order valence-corrected chi connectivity index (χ2v) is 4.46. The van der Waals surface area contributed by atoms with Crippen LogP contribution in [0.5, 0.6) is 0 Å². The first-order valence-corrected chi connectivity index (χ1v) is 4.81. The van der Waals surface area contributed by atoms with Gasteiger partial charge in [0.25, 0.3) is 0 Å². The summed E-state index contributed by atoms with van der Waals surface area (Å²) in [7, 11) is 0. The SMILES string of the molecule is C=CC(C)(F)C(C(C)C)C1CC1. The van der Waals surface area contributed by atoms with Gasteiger partial charge in [0.1, 0.15) is 5.67 Å². The molecule has 0 saturated heterocycles. The van der Waals surface area contributed by atoms with Crippen molar-refractivity contribution >= 4 is 0 Å². The monoisotopic (exact) mass is 170 g/mol. The quantitative estimate of drug-likeness (QED) is 0.566. The van der Waals surface area contributed by atoms with Crippen LogP contribution in [-0.4, -0.2) is 5.67 Å². The van der Waals surface area contributed by atoms with Gasteiger partial charge < -0.3 is 0 Å². The predicted molar refractivity (Wildman–Crippen MR) is 50.8 cm³/mol. The van der Waals surface area contributed by atoms with Crippen LogP contribution < -0.4 is 0 Å². The lowest BCUT2D eigenvalue weighted by molar-refractivity contribution is 0.102. The summed E-state index contributed by atoms with van der Waals surface area (Å²) >= 11 is 0. The fraction of sp³-hybridized carbons (Fsp3) is 0.818. The minimum atomic E-state index is -1.17. The Morgan fingerprint density at radius 1 is 1.50 bits per heavy atom. The average molecular weight is 170 g/mol. The lowest BCUT2D eigenvalue weighted by atomic mass is 9.78. The van der Waals surface area contributed by atoms with Gasteiger partial charge >= 0.3 is 0 Å². The van der Waals surface area contributed by atoms with Crippen LogP contribution in [0.15, 0.2) is 12.7 Å². The van der Waals surface area contributed by atoms with Gasteiger partial charge in [-0.15, -0.1) is 0 Å². The van der Waals surface area contributed by atoms with Crippen molar-refractivity contribution in [2.45, 2.75) is 39.3 Å². The Kier molecular flexibility index (Phi) is 2.60. The van der Waals surface area contributed by atoms with E-state index in [1.54, 1.807) is 6.92 Å². The van der Waals surface area contributed by atoms with Crippen LogP contribution in [0.1, 0.15) is 33.6 Å². The number of halogens is 1.